The van der Waals surface area contributed by atoms with Crippen LogP contribution in [0.1, 0.15) is 26.9 Å². The number of nitrogens with zero attached hydrogens (tertiary/aromatic N) is 1. The molecule has 1 amide bonds. The van der Waals surface area contributed by atoms with Crippen LogP contribution in [0.3, 0.4) is 0 Å². The summed E-state index contributed by atoms with van der Waals surface area (Å²) < 4.78 is 23.8. The highest BCUT2D eigenvalue weighted by Crippen LogP contribution is 2.22. The number of thiazole rings is 1. The zero-order valence-corrected chi connectivity index (χ0v) is 13.9. The van der Waals surface area contributed by atoms with Gasteiger partial charge in [0.05, 0.1) is 5.69 Å². The summed E-state index contributed by atoms with van der Waals surface area (Å²) in [6, 6.07) is 8.92. The maximum Gasteiger partial charge on any atom is 0.293 e. The first kappa shape index (κ1) is 16.2. The predicted molar refractivity (Wildman–Crippen MR) is 89.0 cm³/mol. The lowest BCUT2D eigenvalue weighted by Crippen LogP contribution is -2.10. The summed E-state index contributed by atoms with van der Waals surface area (Å²) in [5, 5.41) is 3.24. The fraction of sp³-hybridized carbons (Fsp3) is 0.176. The summed E-state index contributed by atoms with van der Waals surface area (Å²) in [6.07, 6.45) is 0. The normalized spacial score (nSPS) is 10.6. The van der Waals surface area contributed by atoms with Crippen LogP contribution in [0, 0.1) is 19.7 Å². The lowest BCUT2D eigenvalue weighted by Gasteiger charge is -2.03. The Labute approximate surface area is 142 Å². The van der Waals surface area contributed by atoms with Gasteiger partial charge in [0, 0.05) is 4.88 Å². The molecule has 124 valence electrons. The van der Waals surface area contributed by atoms with Gasteiger partial charge in [0.15, 0.2) is 10.9 Å². The highest BCUT2D eigenvalue weighted by atomic mass is 32.1. The van der Waals surface area contributed by atoms with Crippen molar-refractivity contribution in [3.05, 3.63) is 64.3 Å². The molecule has 1 N–H and O–H groups in total. The lowest BCUT2D eigenvalue weighted by molar-refractivity contribution is 0.0992. The summed E-state index contributed by atoms with van der Waals surface area (Å²) in [7, 11) is 0. The average Bonchev–Trinajstić information content (AvgIpc) is 3.14. The highest BCUT2D eigenvalue weighted by Gasteiger charge is 2.14. The molecule has 3 aromatic rings. The van der Waals surface area contributed by atoms with Crippen molar-refractivity contribution in [2.45, 2.75) is 20.5 Å². The molecule has 0 aliphatic rings. The molecule has 5 nitrogen and oxygen atoms in total. The van der Waals surface area contributed by atoms with Gasteiger partial charge >= 0.3 is 0 Å². The van der Waals surface area contributed by atoms with Gasteiger partial charge in [0.25, 0.3) is 5.91 Å². The first-order valence-corrected chi connectivity index (χ1v) is 8.05. The Morgan fingerprint density at radius 3 is 2.67 bits per heavy atom. The Morgan fingerprint density at radius 2 is 2.00 bits per heavy atom. The summed E-state index contributed by atoms with van der Waals surface area (Å²) in [5.41, 5.74) is 0.892. The number of halogens is 1. The fourth-order valence-electron chi connectivity index (χ4n) is 1.95. The van der Waals surface area contributed by atoms with E-state index in [0.29, 0.717) is 16.6 Å². The van der Waals surface area contributed by atoms with E-state index >= 15 is 0 Å². The lowest BCUT2D eigenvalue weighted by atomic mass is 10.3. The number of anilines is 1. The number of amides is 1. The third-order valence-corrected chi connectivity index (χ3v) is 4.32. The van der Waals surface area contributed by atoms with Crippen LogP contribution >= 0.6 is 11.3 Å². The second kappa shape index (κ2) is 6.84. The quantitative estimate of drug-likeness (QED) is 0.747. The molecule has 0 aliphatic heterocycles. The SMILES string of the molecule is Cc1nc(NC(=O)c2ccc(COc3ccc(F)cc3)o2)sc1C. The van der Waals surface area contributed by atoms with Crippen LogP contribution in [0.4, 0.5) is 9.52 Å². The van der Waals surface area contributed by atoms with E-state index in [2.05, 4.69) is 10.3 Å². The molecule has 0 fully saturated rings. The molecule has 0 saturated heterocycles. The molecule has 0 atom stereocenters. The van der Waals surface area contributed by atoms with E-state index in [-0.39, 0.29) is 24.1 Å². The van der Waals surface area contributed by atoms with E-state index in [1.54, 1.807) is 12.1 Å². The first-order chi connectivity index (χ1) is 11.5. The maximum atomic E-state index is 12.8. The van der Waals surface area contributed by atoms with Gasteiger partial charge in [-0.3, -0.25) is 10.1 Å². The average molecular weight is 346 g/mol. The van der Waals surface area contributed by atoms with Crippen LogP contribution in [0.15, 0.2) is 40.8 Å². The van der Waals surface area contributed by atoms with Gasteiger partial charge < -0.3 is 9.15 Å². The van der Waals surface area contributed by atoms with Crippen LogP contribution in [0.5, 0.6) is 5.75 Å². The zero-order valence-electron chi connectivity index (χ0n) is 13.1. The smallest absolute Gasteiger partial charge is 0.293 e. The Morgan fingerprint density at radius 1 is 1.25 bits per heavy atom. The number of carbonyl (C=O) groups excluding carboxylic acids is 1. The molecule has 0 bridgehead atoms. The van der Waals surface area contributed by atoms with Crippen molar-refractivity contribution in [3.63, 3.8) is 0 Å². The second-order valence-corrected chi connectivity index (χ2v) is 6.33. The number of furan rings is 1. The number of rotatable bonds is 5. The Kier molecular flexibility index (Phi) is 4.61. The largest absolute Gasteiger partial charge is 0.486 e. The van der Waals surface area contributed by atoms with Crippen molar-refractivity contribution < 1.29 is 18.3 Å². The minimum Gasteiger partial charge on any atom is -0.486 e. The van der Waals surface area contributed by atoms with Crippen molar-refractivity contribution in [1.82, 2.24) is 4.98 Å². The minimum atomic E-state index is -0.364. The number of aromatic nitrogens is 1. The molecule has 0 saturated carbocycles. The van der Waals surface area contributed by atoms with Crippen molar-refractivity contribution in [2.24, 2.45) is 0 Å². The molecule has 24 heavy (non-hydrogen) atoms. The molecular weight excluding hydrogens is 331 g/mol. The standard InChI is InChI=1S/C17H15FN2O3S/c1-10-11(2)24-17(19-10)20-16(21)15-8-7-14(23-15)9-22-13-5-3-12(18)4-6-13/h3-8H,9H2,1-2H3,(H,19,20,21). The number of benzene rings is 1. The van der Waals surface area contributed by atoms with Gasteiger partial charge in [-0.1, -0.05) is 0 Å². The van der Waals surface area contributed by atoms with Crippen LogP contribution in [0.2, 0.25) is 0 Å². The van der Waals surface area contributed by atoms with Crippen LogP contribution in [-0.4, -0.2) is 10.9 Å². The topological polar surface area (TPSA) is 64.4 Å². The van der Waals surface area contributed by atoms with E-state index in [0.717, 1.165) is 10.6 Å². The molecular formula is C17H15FN2O3S. The molecule has 2 aromatic heterocycles. The van der Waals surface area contributed by atoms with Gasteiger partial charge in [-0.15, -0.1) is 11.3 Å². The minimum absolute atomic E-state index is 0.147. The molecule has 0 spiro atoms. The molecule has 0 unspecified atom stereocenters. The highest BCUT2D eigenvalue weighted by molar-refractivity contribution is 7.15. The van der Waals surface area contributed by atoms with Gasteiger partial charge in [0.1, 0.15) is 23.9 Å². The van der Waals surface area contributed by atoms with E-state index < -0.39 is 0 Å². The van der Waals surface area contributed by atoms with Gasteiger partial charge in [-0.25, -0.2) is 9.37 Å². The number of aryl methyl sites for hydroxylation is 2. The molecule has 1 aromatic carbocycles. The van der Waals surface area contributed by atoms with Crippen molar-refractivity contribution in [2.75, 3.05) is 5.32 Å². The number of carbonyl (C=O) groups is 1. The van der Waals surface area contributed by atoms with Gasteiger partial charge in [0.2, 0.25) is 0 Å². The number of hydrogen-bond donors (Lipinski definition) is 1. The van der Waals surface area contributed by atoms with Crippen molar-refractivity contribution in [1.29, 1.82) is 0 Å². The third-order valence-electron chi connectivity index (χ3n) is 3.33. The Bertz CT molecular complexity index is 836. The summed E-state index contributed by atoms with van der Waals surface area (Å²) >= 11 is 1.41. The molecule has 0 radical (unpaired) electrons. The molecule has 3 rings (SSSR count). The van der Waals surface area contributed by atoms with Gasteiger partial charge in [-0.2, -0.15) is 0 Å². The van der Waals surface area contributed by atoms with Crippen LogP contribution < -0.4 is 10.1 Å². The summed E-state index contributed by atoms with van der Waals surface area (Å²) in [5.74, 6) is 0.505. The fourth-order valence-corrected chi connectivity index (χ4v) is 2.76. The number of ether oxygens (including phenoxy) is 1. The van der Waals surface area contributed by atoms with E-state index in [4.69, 9.17) is 9.15 Å². The van der Waals surface area contributed by atoms with Crippen LogP contribution in [0.25, 0.3) is 0 Å². The molecule has 2 heterocycles. The van der Waals surface area contributed by atoms with Crippen molar-refractivity contribution >= 4 is 22.4 Å². The molecule has 0 aliphatic carbocycles. The second-order valence-electron chi connectivity index (χ2n) is 5.12. The predicted octanol–water partition coefficient (Wildman–Crippen LogP) is 4.32. The Hall–Kier alpha value is -2.67. The number of nitrogens with one attached hydrogen (secondary N) is 1. The number of hydrogen-bond acceptors (Lipinski definition) is 5. The van der Waals surface area contributed by atoms with Crippen molar-refractivity contribution in [3.8, 4) is 5.75 Å². The van der Waals surface area contributed by atoms with Gasteiger partial charge in [-0.05, 0) is 50.2 Å². The summed E-state index contributed by atoms with van der Waals surface area (Å²) in [4.78, 5) is 17.4. The zero-order chi connectivity index (χ0) is 17.1. The molecule has 7 heteroatoms. The summed E-state index contributed by atoms with van der Waals surface area (Å²) in [6.45, 7) is 3.98. The van der Waals surface area contributed by atoms with E-state index in [1.165, 1.54) is 35.6 Å². The monoisotopic (exact) mass is 346 g/mol. The maximum absolute atomic E-state index is 12.8. The Balaban J connectivity index is 1.60. The van der Waals surface area contributed by atoms with E-state index in [9.17, 15) is 9.18 Å². The third kappa shape index (κ3) is 3.80. The first-order valence-electron chi connectivity index (χ1n) is 7.24. The van der Waals surface area contributed by atoms with Crippen LogP contribution in [-0.2, 0) is 6.61 Å². The van der Waals surface area contributed by atoms with E-state index in [1.807, 2.05) is 13.8 Å².